The zero-order valence-corrected chi connectivity index (χ0v) is 37.8. The number of hydrogen-bond donors (Lipinski definition) is 0. The van der Waals surface area contributed by atoms with E-state index in [2.05, 4.69) is 127 Å². The van der Waals surface area contributed by atoms with E-state index < -0.39 is 0 Å². The number of hydrogen-bond acceptors (Lipinski definition) is 6. The van der Waals surface area contributed by atoms with Crippen molar-refractivity contribution in [3.05, 3.63) is 243 Å². The van der Waals surface area contributed by atoms with Crippen molar-refractivity contribution < 1.29 is 0 Å². The van der Waals surface area contributed by atoms with E-state index in [0.29, 0.717) is 34.9 Å². The summed E-state index contributed by atoms with van der Waals surface area (Å²) in [4.78, 5) is 30.7. The molecule has 0 unspecified atom stereocenters. The van der Waals surface area contributed by atoms with E-state index in [9.17, 15) is 0 Å². The molecule has 0 amide bonds. The Morgan fingerprint density at radius 2 is 0.429 bits per heavy atom. The molecule has 0 spiro atoms. The Balaban J connectivity index is 1.00. The quantitative estimate of drug-likeness (QED) is 0.141. The maximum atomic E-state index is 5.34. The van der Waals surface area contributed by atoms with Gasteiger partial charge in [0.2, 0.25) is 0 Å². The molecule has 11 aromatic carbocycles. The monoisotopic (exact) mass is 892 g/mol. The third-order valence-corrected chi connectivity index (χ3v) is 13.1. The second-order valence-electron chi connectivity index (χ2n) is 17.5. The highest BCUT2D eigenvalue weighted by Crippen LogP contribution is 2.42. The summed E-state index contributed by atoms with van der Waals surface area (Å²) < 4.78 is 0. The van der Waals surface area contributed by atoms with Crippen LogP contribution in [-0.4, -0.2) is 29.9 Å². The molecular formula is C64H40N6. The van der Waals surface area contributed by atoms with E-state index in [4.69, 9.17) is 29.9 Å². The maximum absolute atomic E-state index is 5.34. The van der Waals surface area contributed by atoms with Crippen LogP contribution < -0.4 is 0 Å². The molecule has 6 heteroatoms. The standard InChI is InChI=1S/C64H40N6/c1-4-18-41(19-5-1)59-65-60(42-20-6-2-7-21-42)67-62(66-59)44-32-34-45(35-33-44)63-68-61(43-22-8-3-9-23-43)69-64(70-63)50-37-48(57-39-46-24-10-12-26-51(46)53-28-14-16-30-55(53)57)36-49(38-50)58-40-47-25-11-13-27-52(47)54-29-15-17-31-56(54)58/h1-40H. The van der Waals surface area contributed by atoms with Crippen LogP contribution in [0.15, 0.2) is 243 Å². The Morgan fingerprint density at radius 1 is 0.171 bits per heavy atom. The first kappa shape index (κ1) is 40.7. The highest BCUT2D eigenvalue weighted by Gasteiger charge is 2.19. The first-order chi connectivity index (χ1) is 34.7. The van der Waals surface area contributed by atoms with Crippen LogP contribution in [0.2, 0.25) is 0 Å². The van der Waals surface area contributed by atoms with Gasteiger partial charge >= 0.3 is 0 Å². The summed E-state index contributed by atoms with van der Waals surface area (Å²) in [6, 6.07) is 84.5. The van der Waals surface area contributed by atoms with E-state index in [1.54, 1.807) is 0 Å². The smallest absolute Gasteiger partial charge is 0.164 e. The summed E-state index contributed by atoms with van der Waals surface area (Å²) in [5, 5.41) is 9.59. The van der Waals surface area contributed by atoms with Gasteiger partial charge in [-0.25, -0.2) is 29.9 Å². The molecule has 2 heterocycles. The highest BCUT2D eigenvalue weighted by atomic mass is 15.0. The average molecular weight is 893 g/mol. The zero-order chi connectivity index (χ0) is 46.4. The topological polar surface area (TPSA) is 77.3 Å². The molecule has 0 fully saturated rings. The summed E-state index contributed by atoms with van der Waals surface area (Å²) in [6.45, 7) is 0. The van der Waals surface area contributed by atoms with Gasteiger partial charge in [-0.15, -0.1) is 0 Å². The Kier molecular flexibility index (Phi) is 10.1. The van der Waals surface area contributed by atoms with Crippen LogP contribution in [0.1, 0.15) is 0 Å². The van der Waals surface area contributed by atoms with Gasteiger partial charge in [0.05, 0.1) is 0 Å². The van der Waals surface area contributed by atoms with E-state index in [1.165, 1.54) is 43.1 Å². The minimum absolute atomic E-state index is 0.556. The van der Waals surface area contributed by atoms with Crippen molar-refractivity contribution in [2.75, 3.05) is 0 Å². The molecule has 0 N–H and O–H groups in total. The molecule has 13 rings (SSSR count). The minimum Gasteiger partial charge on any atom is -0.208 e. The fourth-order valence-corrected chi connectivity index (χ4v) is 9.71. The van der Waals surface area contributed by atoms with Gasteiger partial charge in [-0.1, -0.05) is 212 Å². The molecule has 326 valence electrons. The molecular weight excluding hydrogens is 853 g/mol. The fraction of sp³-hybridized carbons (Fsp3) is 0. The van der Waals surface area contributed by atoms with Crippen LogP contribution in [-0.2, 0) is 0 Å². The van der Waals surface area contributed by atoms with Gasteiger partial charge in [-0.2, -0.15) is 0 Å². The summed E-state index contributed by atoms with van der Waals surface area (Å²) >= 11 is 0. The lowest BCUT2D eigenvalue weighted by Crippen LogP contribution is -2.01. The summed E-state index contributed by atoms with van der Waals surface area (Å²) in [5.74, 6) is 3.51. The number of fused-ring (bicyclic) bond motifs is 6. The molecule has 0 atom stereocenters. The molecule has 0 aliphatic rings. The lowest BCUT2D eigenvalue weighted by atomic mass is 9.88. The largest absolute Gasteiger partial charge is 0.208 e. The van der Waals surface area contributed by atoms with E-state index in [-0.39, 0.29) is 0 Å². The van der Waals surface area contributed by atoms with Gasteiger partial charge < -0.3 is 0 Å². The molecule has 2 aromatic heterocycles. The molecule has 0 radical (unpaired) electrons. The Morgan fingerprint density at radius 3 is 0.786 bits per heavy atom. The summed E-state index contributed by atoms with van der Waals surface area (Å²) in [5.41, 5.74) is 9.72. The molecule has 0 bridgehead atoms. The third-order valence-electron chi connectivity index (χ3n) is 13.1. The predicted molar refractivity (Wildman–Crippen MR) is 287 cm³/mol. The van der Waals surface area contributed by atoms with Crippen LogP contribution in [0.3, 0.4) is 0 Å². The third kappa shape index (κ3) is 7.50. The second kappa shape index (κ2) is 17.3. The van der Waals surface area contributed by atoms with Crippen LogP contribution in [0.25, 0.3) is 134 Å². The second-order valence-corrected chi connectivity index (χ2v) is 17.5. The maximum Gasteiger partial charge on any atom is 0.164 e. The molecule has 0 aliphatic carbocycles. The van der Waals surface area contributed by atoms with Crippen molar-refractivity contribution in [2.24, 2.45) is 0 Å². The lowest BCUT2D eigenvalue weighted by molar-refractivity contribution is 1.07. The number of nitrogens with zero attached hydrogens (tertiary/aromatic N) is 6. The number of aromatic nitrogens is 6. The van der Waals surface area contributed by atoms with Crippen LogP contribution in [0.5, 0.6) is 0 Å². The summed E-state index contributed by atoms with van der Waals surface area (Å²) in [6.07, 6.45) is 0. The van der Waals surface area contributed by atoms with Crippen molar-refractivity contribution in [3.63, 3.8) is 0 Å². The molecule has 0 aliphatic heterocycles. The van der Waals surface area contributed by atoms with E-state index in [0.717, 1.165) is 55.6 Å². The first-order valence-corrected chi connectivity index (χ1v) is 23.4. The number of benzene rings is 11. The van der Waals surface area contributed by atoms with E-state index in [1.807, 2.05) is 115 Å². The van der Waals surface area contributed by atoms with E-state index >= 15 is 0 Å². The van der Waals surface area contributed by atoms with Gasteiger partial charge in [0.1, 0.15) is 0 Å². The molecule has 0 saturated heterocycles. The molecule has 70 heavy (non-hydrogen) atoms. The normalized spacial score (nSPS) is 11.4. The van der Waals surface area contributed by atoms with Gasteiger partial charge in [0.25, 0.3) is 0 Å². The fourth-order valence-electron chi connectivity index (χ4n) is 9.71. The SMILES string of the molecule is c1ccc(-c2nc(-c3ccccc3)nc(-c3ccc(-c4nc(-c5ccccc5)nc(-c5cc(-c6cc7ccccc7c7ccccc67)cc(-c6cc7ccccc7c7ccccc67)c5)n4)cc3)n2)cc1. The Bertz CT molecular complexity index is 3910. The van der Waals surface area contributed by atoms with Crippen molar-refractivity contribution in [1.29, 1.82) is 0 Å². The lowest BCUT2D eigenvalue weighted by Gasteiger charge is -2.16. The van der Waals surface area contributed by atoms with Crippen molar-refractivity contribution >= 4 is 43.1 Å². The van der Waals surface area contributed by atoms with Crippen LogP contribution in [0, 0.1) is 0 Å². The first-order valence-electron chi connectivity index (χ1n) is 23.4. The zero-order valence-electron chi connectivity index (χ0n) is 37.8. The van der Waals surface area contributed by atoms with Crippen molar-refractivity contribution in [3.8, 4) is 90.6 Å². The minimum atomic E-state index is 0.556. The van der Waals surface area contributed by atoms with Crippen molar-refractivity contribution in [2.45, 2.75) is 0 Å². The molecule has 6 nitrogen and oxygen atoms in total. The van der Waals surface area contributed by atoms with Gasteiger partial charge in [0, 0.05) is 33.4 Å². The highest BCUT2D eigenvalue weighted by molar-refractivity contribution is 6.16. The van der Waals surface area contributed by atoms with Gasteiger partial charge in [-0.05, 0) is 95.7 Å². The number of rotatable bonds is 8. The average Bonchev–Trinajstić information content (AvgIpc) is 3.45. The van der Waals surface area contributed by atoms with Crippen molar-refractivity contribution in [1.82, 2.24) is 29.9 Å². The van der Waals surface area contributed by atoms with Crippen LogP contribution in [0.4, 0.5) is 0 Å². The van der Waals surface area contributed by atoms with Gasteiger partial charge in [0.15, 0.2) is 34.9 Å². The Hall–Kier alpha value is -9.52. The van der Waals surface area contributed by atoms with Gasteiger partial charge in [-0.3, -0.25) is 0 Å². The molecule has 0 saturated carbocycles. The molecule has 13 aromatic rings. The van der Waals surface area contributed by atoms with Crippen LogP contribution >= 0.6 is 0 Å². The predicted octanol–water partition coefficient (Wildman–Crippen LogP) is 16.0. The summed E-state index contributed by atoms with van der Waals surface area (Å²) in [7, 11) is 0. The Labute approximate surface area is 404 Å².